The number of aryl methyl sites for hydroxylation is 1. The third kappa shape index (κ3) is 2.66. The van der Waals surface area contributed by atoms with E-state index >= 15 is 0 Å². The average Bonchev–Trinajstić information content (AvgIpc) is 2.75. The summed E-state index contributed by atoms with van der Waals surface area (Å²) in [5.41, 5.74) is 1.53. The van der Waals surface area contributed by atoms with Crippen LogP contribution in [0.25, 0.3) is 0 Å². The van der Waals surface area contributed by atoms with E-state index in [0.717, 1.165) is 25.2 Å². The Hall–Kier alpha value is -1.36. The van der Waals surface area contributed by atoms with Gasteiger partial charge < -0.3 is 10.2 Å². The number of amides is 1. The highest BCUT2D eigenvalue weighted by atomic mass is 16.2. The van der Waals surface area contributed by atoms with Crippen molar-refractivity contribution in [2.75, 3.05) is 13.1 Å². The lowest BCUT2D eigenvalue weighted by molar-refractivity contribution is 0.0668. The molecule has 2 heterocycles. The van der Waals surface area contributed by atoms with Crippen LogP contribution in [-0.4, -0.2) is 46.2 Å². The molecule has 1 amide bonds. The molecule has 1 aromatic rings. The lowest BCUT2D eigenvalue weighted by Gasteiger charge is -2.35. The molecule has 0 aliphatic carbocycles. The molecule has 1 aliphatic heterocycles. The van der Waals surface area contributed by atoms with Crippen molar-refractivity contribution < 1.29 is 4.79 Å². The predicted molar refractivity (Wildman–Crippen MR) is 65.9 cm³/mol. The molecule has 2 N–H and O–H groups in total. The lowest BCUT2D eigenvalue weighted by Crippen LogP contribution is -2.55. The molecule has 0 saturated carbocycles. The Labute approximate surface area is 102 Å². The first kappa shape index (κ1) is 12.1. The topological polar surface area (TPSA) is 61.0 Å². The summed E-state index contributed by atoms with van der Waals surface area (Å²) in [7, 11) is 0. The van der Waals surface area contributed by atoms with Crippen molar-refractivity contribution in [2.24, 2.45) is 0 Å². The highest BCUT2D eigenvalue weighted by molar-refractivity contribution is 5.92. The van der Waals surface area contributed by atoms with Crippen LogP contribution >= 0.6 is 0 Å². The van der Waals surface area contributed by atoms with Crippen molar-refractivity contribution in [1.82, 2.24) is 20.4 Å². The van der Waals surface area contributed by atoms with Gasteiger partial charge in [-0.15, -0.1) is 0 Å². The maximum atomic E-state index is 12.2. The Morgan fingerprint density at radius 2 is 2.12 bits per heavy atom. The Kier molecular flexibility index (Phi) is 3.47. The van der Waals surface area contributed by atoms with Gasteiger partial charge >= 0.3 is 0 Å². The second-order valence-corrected chi connectivity index (χ2v) is 4.81. The van der Waals surface area contributed by atoms with E-state index in [2.05, 4.69) is 29.4 Å². The molecule has 1 aliphatic rings. The fraction of sp³-hybridized carbons (Fsp3) is 0.667. The van der Waals surface area contributed by atoms with Crippen LogP contribution in [0.3, 0.4) is 0 Å². The minimum Gasteiger partial charge on any atom is -0.334 e. The van der Waals surface area contributed by atoms with E-state index in [9.17, 15) is 4.79 Å². The van der Waals surface area contributed by atoms with Crippen LogP contribution in [0, 0.1) is 0 Å². The third-order valence-corrected chi connectivity index (χ3v) is 3.08. The number of nitrogens with one attached hydrogen (secondary N) is 2. The van der Waals surface area contributed by atoms with E-state index in [1.54, 1.807) is 0 Å². The quantitative estimate of drug-likeness (QED) is 0.798. The fourth-order valence-corrected chi connectivity index (χ4v) is 2.31. The highest BCUT2D eigenvalue weighted by Gasteiger charge is 2.26. The van der Waals surface area contributed by atoms with Crippen LogP contribution in [0.4, 0.5) is 0 Å². The van der Waals surface area contributed by atoms with Crippen molar-refractivity contribution in [3.05, 3.63) is 17.5 Å². The van der Waals surface area contributed by atoms with Crippen molar-refractivity contribution in [3.63, 3.8) is 0 Å². The zero-order valence-corrected chi connectivity index (χ0v) is 10.7. The van der Waals surface area contributed by atoms with Gasteiger partial charge in [-0.05, 0) is 26.3 Å². The average molecular weight is 236 g/mol. The number of carbonyl (C=O) groups is 1. The number of nitrogens with zero attached hydrogens (tertiary/aromatic N) is 2. The second-order valence-electron chi connectivity index (χ2n) is 4.81. The maximum absolute atomic E-state index is 12.2. The van der Waals surface area contributed by atoms with Crippen molar-refractivity contribution >= 4 is 5.91 Å². The van der Waals surface area contributed by atoms with E-state index in [4.69, 9.17) is 0 Å². The molecular formula is C12H20N4O. The first-order valence-corrected chi connectivity index (χ1v) is 6.19. The Balaban J connectivity index is 2.08. The molecule has 17 heavy (non-hydrogen) atoms. The van der Waals surface area contributed by atoms with Gasteiger partial charge in [-0.3, -0.25) is 9.89 Å². The van der Waals surface area contributed by atoms with Crippen molar-refractivity contribution in [3.8, 4) is 0 Å². The zero-order valence-electron chi connectivity index (χ0n) is 10.7. The van der Waals surface area contributed by atoms with Gasteiger partial charge in [0.1, 0.15) is 5.69 Å². The van der Waals surface area contributed by atoms with E-state index in [1.165, 1.54) is 0 Å². The summed E-state index contributed by atoms with van der Waals surface area (Å²) in [6.07, 6.45) is 0.870. The van der Waals surface area contributed by atoms with E-state index in [-0.39, 0.29) is 5.91 Å². The molecule has 1 aromatic heterocycles. The number of hydrogen-bond donors (Lipinski definition) is 2. The summed E-state index contributed by atoms with van der Waals surface area (Å²) in [6.45, 7) is 7.72. The summed E-state index contributed by atoms with van der Waals surface area (Å²) in [4.78, 5) is 14.1. The van der Waals surface area contributed by atoms with Crippen LogP contribution in [0.2, 0.25) is 0 Å². The number of H-pyrrole nitrogens is 1. The summed E-state index contributed by atoms with van der Waals surface area (Å²) >= 11 is 0. The summed E-state index contributed by atoms with van der Waals surface area (Å²) in [5, 5.41) is 10.4. The molecule has 0 aromatic carbocycles. The second kappa shape index (κ2) is 4.87. The number of carbonyl (C=O) groups excluding carboxylic acids is 1. The molecule has 5 nitrogen and oxygen atoms in total. The van der Waals surface area contributed by atoms with Gasteiger partial charge in [-0.1, -0.05) is 6.92 Å². The van der Waals surface area contributed by atoms with Gasteiger partial charge in [0.25, 0.3) is 5.91 Å². The SMILES string of the molecule is CCc1cc(C(=O)N2C[C@H](C)N[C@@H](C)C2)n[nH]1. The normalized spacial score (nSPS) is 25.0. The van der Waals surface area contributed by atoms with Gasteiger partial charge in [-0.25, -0.2) is 0 Å². The molecule has 0 radical (unpaired) electrons. The summed E-state index contributed by atoms with van der Waals surface area (Å²) in [6, 6.07) is 2.53. The lowest BCUT2D eigenvalue weighted by atomic mass is 10.1. The predicted octanol–water partition coefficient (Wildman–Crippen LogP) is 0.794. The van der Waals surface area contributed by atoms with Gasteiger partial charge in [0.15, 0.2) is 0 Å². The maximum Gasteiger partial charge on any atom is 0.274 e. The number of aromatic nitrogens is 2. The molecule has 0 spiro atoms. The van der Waals surface area contributed by atoms with Gasteiger partial charge in [-0.2, -0.15) is 5.10 Å². The smallest absolute Gasteiger partial charge is 0.274 e. The summed E-state index contributed by atoms with van der Waals surface area (Å²) < 4.78 is 0. The molecular weight excluding hydrogens is 216 g/mol. The molecule has 1 saturated heterocycles. The Bertz CT molecular complexity index is 391. The van der Waals surface area contributed by atoms with Crippen LogP contribution in [-0.2, 0) is 6.42 Å². The molecule has 0 bridgehead atoms. The number of rotatable bonds is 2. The monoisotopic (exact) mass is 236 g/mol. The third-order valence-electron chi connectivity index (χ3n) is 3.08. The molecule has 2 rings (SSSR count). The van der Waals surface area contributed by atoms with Crippen molar-refractivity contribution in [2.45, 2.75) is 39.3 Å². The van der Waals surface area contributed by atoms with E-state index < -0.39 is 0 Å². The largest absolute Gasteiger partial charge is 0.334 e. The van der Waals surface area contributed by atoms with E-state index in [0.29, 0.717) is 17.8 Å². The molecule has 1 fully saturated rings. The minimum atomic E-state index is 0.0288. The number of aromatic amines is 1. The molecule has 2 atom stereocenters. The van der Waals surface area contributed by atoms with Crippen LogP contribution in [0.5, 0.6) is 0 Å². The van der Waals surface area contributed by atoms with Gasteiger partial charge in [0.2, 0.25) is 0 Å². The highest BCUT2D eigenvalue weighted by Crippen LogP contribution is 2.10. The molecule has 5 heteroatoms. The van der Waals surface area contributed by atoms with Crippen LogP contribution in [0.1, 0.15) is 37.0 Å². The number of hydrogen-bond acceptors (Lipinski definition) is 3. The Morgan fingerprint density at radius 1 is 1.47 bits per heavy atom. The first-order chi connectivity index (χ1) is 8.10. The molecule has 94 valence electrons. The fourth-order valence-electron chi connectivity index (χ4n) is 2.31. The van der Waals surface area contributed by atoms with Gasteiger partial charge in [0.05, 0.1) is 0 Å². The first-order valence-electron chi connectivity index (χ1n) is 6.19. The zero-order chi connectivity index (χ0) is 12.4. The standard InChI is InChI=1S/C12H20N4O/c1-4-10-5-11(15-14-10)12(17)16-6-8(2)13-9(3)7-16/h5,8-9,13H,4,6-7H2,1-3H3,(H,14,15)/t8-,9-/m0/s1. The Morgan fingerprint density at radius 3 is 2.65 bits per heavy atom. The number of piperazine rings is 1. The minimum absolute atomic E-state index is 0.0288. The van der Waals surface area contributed by atoms with E-state index in [1.807, 2.05) is 17.9 Å². The van der Waals surface area contributed by atoms with Crippen LogP contribution in [0.15, 0.2) is 6.07 Å². The molecule has 0 unspecified atom stereocenters. The van der Waals surface area contributed by atoms with Gasteiger partial charge in [0, 0.05) is 30.9 Å². The van der Waals surface area contributed by atoms with Crippen molar-refractivity contribution in [1.29, 1.82) is 0 Å². The van der Waals surface area contributed by atoms with Crippen LogP contribution < -0.4 is 5.32 Å². The summed E-state index contributed by atoms with van der Waals surface area (Å²) in [5.74, 6) is 0.0288.